The second kappa shape index (κ2) is 5.08. The van der Waals surface area contributed by atoms with Crippen molar-refractivity contribution >= 4 is 5.84 Å². The van der Waals surface area contributed by atoms with Crippen molar-refractivity contribution < 1.29 is 14.7 Å². The number of oxime groups is 1. The highest BCUT2D eigenvalue weighted by Gasteiger charge is 2.00. The summed E-state index contributed by atoms with van der Waals surface area (Å²) >= 11 is 0. The first-order valence-corrected chi connectivity index (χ1v) is 3.97. The molecule has 0 aromatic heterocycles. The van der Waals surface area contributed by atoms with E-state index in [4.69, 9.17) is 20.4 Å². The first-order valence-electron chi connectivity index (χ1n) is 3.97. The van der Waals surface area contributed by atoms with Gasteiger partial charge in [-0.15, -0.1) is 0 Å². The van der Waals surface area contributed by atoms with Gasteiger partial charge in [0.05, 0.1) is 0 Å². The molecule has 5 nitrogen and oxygen atoms in total. The van der Waals surface area contributed by atoms with Gasteiger partial charge in [0.2, 0.25) is 0 Å². The van der Waals surface area contributed by atoms with Crippen LogP contribution in [0.3, 0.4) is 0 Å². The van der Waals surface area contributed by atoms with Gasteiger partial charge in [0.25, 0.3) is 0 Å². The molecule has 14 heavy (non-hydrogen) atoms. The number of nitrogens with zero attached hydrogens (tertiary/aromatic N) is 1. The van der Waals surface area contributed by atoms with Crippen molar-refractivity contribution in [1.82, 2.24) is 0 Å². The molecule has 0 radical (unpaired) electrons. The fourth-order valence-corrected chi connectivity index (χ4v) is 0.930. The number of hydrogen-bond donors (Lipinski definition) is 2. The third-order valence-corrected chi connectivity index (χ3v) is 1.58. The van der Waals surface area contributed by atoms with E-state index >= 15 is 0 Å². The van der Waals surface area contributed by atoms with E-state index in [1.54, 1.807) is 24.3 Å². The molecule has 0 bridgehead atoms. The summed E-state index contributed by atoms with van der Waals surface area (Å²) in [5.74, 6) is 0.656. The summed E-state index contributed by atoms with van der Waals surface area (Å²) in [5, 5.41) is 11.3. The van der Waals surface area contributed by atoms with Crippen LogP contribution in [-0.4, -0.2) is 24.9 Å². The van der Waals surface area contributed by atoms with E-state index in [0.717, 1.165) is 0 Å². The fraction of sp³-hybridized carbons (Fsp3) is 0.222. The number of benzene rings is 1. The maximum atomic E-state index is 8.45. The van der Waals surface area contributed by atoms with Crippen LogP contribution in [0.4, 0.5) is 0 Å². The molecule has 0 fully saturated rings. The van der Waals surface area contributed by atoms with Crippen LogP contribution in [-0.2, 0) is 4.74 Å². The molecule has 1 aromatic carbocycles. The average Bonchev–Trinajstić information content (AvgIpc) is 2.25. The van der Waals surface area contributed by atoms with Crippen molar-refractivity contribution in [1.29, 1.82) is 0 Å². The molecule has 0 aliphatic heterocycles. The molecule has 5 heteroatoms. The Balaban J connectivity index is 2.79. The molecule has 1 aromatic rings. The third-order valence-electron chi connectivity index (χ3n) is 1.58. The maximum Gasteiger partial charge on any atom is 0.188 e. The molecule has 0 unspecified atom stereocenters. The van der Waals surface area contributed by atoms with Gasteiger partial charge >= 0.3 is 0 Å². The molecule has 0 aliphatic rings. The highest BCUT2D eigenvalue weighted by atomic mass is 16.7. The highest BCUT2D eigenvalue weighted by Crippen LogP contribution is 2.12. The Hall–Kier alpha value is -1.75. The quantitative estimate of drug-likeness (QED) is 0.245. The van der Waals surface area contributed by atoms with E-state index in [0.29, 0.717) is 11.3 Å². The summed E-state index contributed by atoms with van der Waals surface area (Å²) in [6, 6.07) is 6.88. The van der Waals surface area contributed by atoms with Crippen molar-refractivity contribution in [2.45, 2.75) is 0 Å². The number of ether oxygens (including phenoxy) is 2. The summed E-state index contributed by atoms with van der Waals surface area (Å²) in [7, 11) is 1.54. The van der Waals surface area contributed by atoms with E-state index in [1.807, 2.05) is 0 Å². The number of amidine groups is 1. The largest absolute Gasteiger partial charge is 0.468 e. The lowest BCUT2D eigenvalue weighted by Gasteiger charge is -2.05. The molecule has 0 heterocycles. The predicted molar refractivity (Wildman–Crippen MR) is 51.5 cm³/mol. The Bertz CT molecular complexity index is 326. The van der Waals surface area contributed by atoms with Crippen molar-refractivity contribution in [3.05, 3.63) is 29.8 Å². The zero-order valence-corrected chi connectivity index (χ0v) is 7.80. The van der Waals surface area contributed by atoms with Crippen molar-refractivity contribution in [2.24, 2.45) is 10.9 Å². The lowest BCUT2D eigenvalue weighted by molar-refractivity contribution is 0.0511. The van der Waals surface area contributed by atoms with E-state index in [9.17, 15) is 0 Å². The van der Waals surface area contributed by atoms with Crippen molar-refractivity contribution in [2.75, 3.05) is 13.9 Å². The first-order chi connectivity index (χ1) is 6.77. The average molecular weight is 196 g/mol. The number of hydrogen-bond acceptors (Lipinski definition) is 4. The number of rotatable bonds is 4. The van der Waals surface area contributed by atoms with Crippen LogP contribution in [0.25, 0.3) is 0 Å². The minimum atomic E-state index is 0.0490. The van der Waals surface area contributed by atoms with Gasteiger partial charge in [0.1, 0.15) is 5.75 Å². The van der Waals surface area contributed by atoms with E-state index in [2.05, 4.69) is 5.16 Å². The second-order valence-corrected chi connectivity index (χ2v) is 2.56. The van der Waals surface area contributed by atoms with Crippen LogP contribution in [0.5, 0.6) is 5.75 Å². The van der Waals surface area contributed by atoms with Crippen LogP contribution < -0.4 is 10.5 Å². The minimum absolute atomic E-state index is 0.0490. The Morgan fingerprint density at radius 3 is 3.00 bits per heavy atom. The Morgan fingerprint density at radius 2 is 2.36 bits per heavy atom. The monoisotopic (exact) mass is 196 g/mol. The van der Waals surface area contributed by atoms with Gasteiger partial charge in [0, 0.05) is 12.7 Å². The molecular formula is C9H12N2O3. The smallest absolute Gasteiger partial charge is 0.188 e. The van der Waals surface area contributed by atoms with Gasteiger partial charge in [-0.05, 0) is 12.1 Å². The third kappa shape index (κ3) is 2.63. The van der Waals surface area contributed by atoms with Gasteiger partial charge in [-0.1, -0.05) is 17.3 Å². The van der Waals surface area contributed by atoms with Gasteiger partial charge in [-0.2, -0.15) is 0 Å². The molecule has 3 N–H and O–H groups in total. The molecule has 0 saturated carbocycles. The van der Waals surface area contributed by atoms with E-state index < -0.39 is 0 Å². The van der Waals surface area contributed by atoms with E-state index in [-0.39, 0.29) is 12.6 Å². The minimum Gasteiger partial charge on any atom is -0.468 e. The zero-order valence-electron chi connectivity index (χ0n) is 7.80. The summed E-state index contributed by atoms with van der Waals surface area (Å²) in [4.78, 5) is 0. The summed E-state index contributed by atoms with van der Waals surface area (Å²) < 4.78 is 9.92. The Kier molecular flexibility index (Phi) is 3.75. The lowest BCUT2D eigenvalue weighted by atomic mass is 10.2. The second-order valence-electron chi connectivity index (χ2n) is 2.56. The topological polar surface area (TPSA) is 77.1 Å². The van der Waals surface area contributed by atoms with Crippen LogP contribution in [0.15, 0.2) is 29.4 Å². The number of nitrogens with two attached hydrogens (primary N) is 1. The van der Waals surface area contributed by atoms with Crippen LogP contribution >= 0.6 is 0 Å². The van der Waals surface area contributed by atoms with E-state index in [1.165, 1.54) is 7.11 Å². The SMILES string of the molecule is COCOc1cccc(C(N)=NO)c1. The molecular weight excluding hydrogens is 184 g/mol. The molecule has 0 amide bonds. The number of methoxy groups -OCH3 is 1. The normalized spacial score (nSPS) is 11.4. The molecule has 1 rings (SSSR count). The molecule has 76 valence electrons. The first kappa shape index (κ1) is 10.3. The maximum absolute atomic E-state index is 8.45. The standard InChI is InChI=1S/C9H12N2O3/c1-13-6-14-8-4-2-3-7(5-8)9(10)11-12/h2-5,12H,6H2,1H3,(H2,10,11). The molecule has 0 saturated heterocycles. The predicted octanol–water partition coefficient (Wildman–Crippen LogP) is 0.764. The van der Waals surface area contributed by atoms with Gasteiger partial charge in [-0.25, -0.2) is 0 Å². The Labute approximate surface area is 81.7 Å². The highest BCUT2D eigenvalue weighted by molar-refractivity contribution is 5.97. The summed E-state index contributed by atoms with van der Waals surface area (Å²) in [6.45, 7) is 0.166. The molecule has 0 atom stereocenters. The van der Waals surface area contributed by atoms with Crippen LogP contribution in [0.1, 0.15) is 5.56 Å². The molecule has 0 spiro atoms. The zero-order chi connectivity index (χ0) is 10.4. The van der Waals surface area contributed by atoms with Crippen LogP contribution in [0.2, 0.25) is 0 Å². The van der Waals surface area contributed by atoms with Gasteiger partial charge in [0.15, 0.2) is 12.6 Å². The fourth-order valence-electron chi connectivity index (χ4n) is 0.930. The summed E-state index contributed by atoms with van der Waals surface area (Å²) in [5.41, 5.74) is 6.00. The van der Waals surface area contributed by atoms with Crippen molar-refractivity contribution in [3.63, 3.8) is 0 Å². The molecule has 0 aliphatic carbocycles. The van der Waals surface area contributed by atoms with Crippen LogP contribution in [0, 0.1) is 0 Å². The van der Waals surface area contributed by atoms with Gasteiger partial charge in [-0.3, -0.25) is 0 Å². The van der Waals surface area contributed by atoms with Crippen molar-refractivity contribution in [3.8, 4) is 5.75 Å². The van der Waals surface area contributed by atoms with Gasteiger partial charge < -0.3 is 20.4 Å². The summed E-state index contributed by atoms with van der Waals surface area (Å²) in [6.07, 6.45) is 0. The lowest BCUT2D eigenvalue weighted by Crippen LogP contribution is -2.13. The Morgan fingerprint density at radius 1 is 1.57 bits per heavy atom.